The van der Waals surface area contributed by atoms with Gasteiger partial charge in [0.1, 0.15) is 5.82 Å². The van der Waals surface area contributed by atoms with Crippen LogP contribution in [0, 0.1) is 19.3 Å². The number of nitrogen functional groups attached to an aromatic ring is 1. The van der Waals surface area contributed by atoms with Gasteiger partial charge in [-0.15, -0.1) is 0 Å². The molecule has 3 rings (SSSR count). The number of hydrogen-bond donors (Lipinski definition) is 3. The Balaban J connectivity index is 2.22. The molecule has 5 nitrogen and oxygen atoms in total. The Morgan fingerprint density at radius 2 is 1.79 bits per heavy atom. The van der Waals surface area contributed by atoms with E-state index in [9.17, 15) is 5.21 Å². The van der Waals surface area contributed by atoms with Gasteiger partial charge in [0.25, 0.3) is 0 Å². The molecule has 6 heteroatoms. The summed E-state index contributed by atoms with van der Waals surface area (Å²) >= 11 is 6.08. The maximum atomic E-state index is 9.50. The first-order chi connectivity index (χ1) is 13.6. The van der Waals surface area contributed by atoms with Crippen LogP contribution in [0.5, 0.6) is 0 Å². The lowest BCUT2D eigenvalue weighted by Crippen LogP contribution is -2.04. The molecule has 0 radical (unpaired) electrons. The maximum absolute atomic E-state index is 9.50. The molecule has 0 aliphatic heterocycles. The fourth-order valence-corrected chi connectivity index (χ4v) is 3.62. The van der Waals surface area contributed by atoms with Crippen LogP contribution in [0.1, 0.15) is 43.9 Å². The number of allylic oxidation sites excluding steroid dienone is 1. The van der Waals surface area contributed by atoms with E-state index in [0.717, 1.165) is 34.2 Å². The van der Waals surface area contributed by atoms with Crippen molar-refractivity contribution in [3.8, 4) is 11.1 Å². The third kappa shape index (κ3) is 4.36. The number of nitrogens with one attached hydrogen (secondary N) is 1. The zero-order valence-corrected chi connectivity index (χ0v) is 18.2. The average Bonchev–Trinajstić information content (AvgIpc) is 2.66. The molecule has 0 aliphatic rings. The summed E-state index contributed by atoms with van der Waals surface area (Å²) in [6, 6.07) is 7.86. The summed E-state index contributed by atoms with van der Waals surface area (Å²) in [5, 5.41) is 10.2. The Kier molecular flexibility index (Phi) is 5.82. The van der Waals surface area contributed by atoms with E-state index < -0.39 is 0 Å². The zero-order chi connectivity index (χ0) is 21.3. The topological polar surface area (TPSA) is 84.1 Å². The number of fused-ring (bicyclic) bond motifs is 1. The van der Waals surface area contributed by atoms with Crippen LogP contribution in [0.2, 0.25) is 5.28 Å². The summed E-state index contributed by atoms with van der Waals surface area (Å²) in [5.74, 6) is 0.273. The number of aromatic nitrogens is 2. The number of aryl methyl sites for hydroxylation is 2. The molecular weight excluding hydrogens is 384 g/mol. The van der Waals surface area contributed by atoms with E-state index in [0.29, 0.717) is 16.6 Å². The summed E-state index contributed by atoms with van der Waals surface area (Å²) < 4.78 is 0. The normalized spacial score (nSPS) is 12.1. The number of hydrogen-bond acceptors (Lipinski definition) is 5. The standard InChI is InChI=1S/C23H27ClN4O/c1-6-23(4,5)8-7-15-9-13(2)19(14(3)10-15)17-11-16(28-29)12-18-20(17)26-22(24)27-21(18)25/h7-12,28-29H,6H2,1-5H3,(H2,25,26,27)/b8-7+. The Morgan fingerprint density at radius 1 is 1.14 bits per heavy atom. The predicted molar refractivity (Wildman–Crippen MR) is 122 cm³/mol. The fourth-order valence-electron chi connectivity index (χ4n) is 3.44. The van der Waals surface area contributed by atoms with Crippen LogP contribution in [0.15, 0.2) is 30.3 Å². The third-order valence-corrected chi connectivity index (χ3v) is 5.56. The van der Waals surface area contributed by atoms with E-state index in [4.69, 9.17) is 17.3 Å². The molecule has 0 spiro atoms. The van der Waals surface area contributed by atoms with Gasteiger partial charge in [-0.1, -0.05) is 45.1 Å². The molecule has 0 fully saturated rings. The van der Waals surface area contributed by atoms with Crippen molar-refractivity contribution in [3.05, 3.63) is 52.3 Å². The van der Waals surface area contributed by atoms with Crippen LogP contribution in [0.3, 0.4) is 0 Å². The minimum absolute atomic E-state index is 0.0950. The summed E-state index contributed by atoms with van der Waals surface area (Å²) in [4.78, 5) is 8.46. The van der Waals surface area contributed by atoms with Crippen molar-refractivity contribution in [3.63, 3.8) is 0 Å². The average molecular weight is 411 g/mol. The van der Waals surface area contributed by atoms with Gasteiger partial charge in [0.2, 0.25) is 5.28 Å². The highest BCUT2D eigenvalue weighted by molar-refractivity contribution is 6.29. The van der Waals surface area contributed by atoms with E-state index in [1.165, 1.54) is 0 Å². The van der Waals surface area contributed by atoms with E-state index in [1.807, 2.05) is 6.07 Å². The summed E-state index contributed by atoms with van der Waals surface area (Å²) in [7, 11) is 0. The maximum Gasteiger partial charge on any atom is 0.224 e. The van der Waals surface area contributed by atoms with Crippen LogP contribution >= 0.6 is 11.6 Å². The van der Waals surface area contributed by atoms with Crippen molar-refractivity contribution >= 4 is 40.1 Å². The molecule has 0 saturated carbocycles. The van der Waals surface area contributed by atoms with Gasteiger partial charge in [-0.2, -0.15) is 0 Å². The SMILES string of the molecule is CCC(C)(C)/C=C/c1cc(C)c(-c2cc(NO)cc3c(N)nc(Cl)nc23)c(C)c1. The summed E-state index contributed by atoms with van der Waals surface area (Å²) in [6.45, 7) is 10.8. The van der Waals surface area contributed by atoms with E-state index in [2.05, 4.69) is 74.4 Å². The van der Waals surface area contributed by atoms with Gasteiger partial charge >= 0.3 is 0 Å². The number of anilines is 2. The second-order valence-corrected chi connectivity index (χ2v) is 8.45. The number of halogens is 1. The van der Waals surface area contributed by atoms with Crippen LogP contribution < -0.4 is 11.2 Å². The Labute approximate surface area is 176 Å². The van der Waals surface area contributed by atoms with Crippen molar-refractivity contribution in [1.29, 1.82) is 0 Å². The van der Waals surface area contributed by atoms with Crippen molar-refractivity contribution in [1.82, 2.24) is 9.97 Å². The van der Waals surface area contributed by atoms with Gasteiger partial charge in [-0.3, -0.25) is 10.7 Å². The highest BCUT2D eigenvalue weighted by Crippen LogP contribution is 2.37. The number of benzene rings is 2. The Hall–Kier alpha value is -2.63. The van der Waals surface area contributed by atoms with Crippen molar-refractivity contribution in [2.24, 2.45) is 5.41 Å². The van der Waals surface area contributed by atoms with Crippen LogP contribution in [0.25, 0.3) is 28.1 Å². The van der Waals surface area contributed by atoms with Crippen LogP contribution in [0.4, 0.5) is 11.5 Å². The van der Waals surface area contributed by atoms with E-state index in [1.54, 1.807) is 6.07 Å². The monoisotopic (exact) mass is 410 g/mol. The molecule has 0 unspecified atom stereocenters. The van der Waals surface area contributed by atoms with Crippen molar-refractivity contribution < 1.29 is 5.21 Å². The zero-order valence-electron chi connectivity index (χ0n) is 17.5. The number of rotatable bonds is 5. The molecule has 0 aliphatic carbocycles. The summed E-state index contributed by atoms with van der Waals surface area (Å²) in [6.07, 6.45) is 5.50. The molecule has 29 heavy (non-hydrogen) atoms. The largest absolute Gasteiger partial charge is 0.383 e. The van der Waals surface area contributed by atoms with Gasteiger partial charge in [0.15, 0.2) is 0 Å². The van der Waals surface area contributed by atoms with Gasteiger partial charge in [0, 0.05) is 10.9 Å². The molecule has 0 bridgehead atoms. The number of nitrogens with two attached hydrogens (primary N) is 1. The quantitative estimate of drug-likeness (QED) is 0.334. The second kappa shape index (κ2) is 8.01. The smallest absolute Gasteiger partial charge is 0.224 e. The highest BCUT2D eigenvalue weighted by Gasteiger charge is 2.16. The molecule has 152 valence electrons. The van der Waals surface area contributed by atoms with Gasteiger partial charge in [-0.05, 0) is 71.7 Å². The minimum atomic E-state index is 0.0950. The first-order valence-corrected chi connectivity index (χ1v) is 10.0. The van der Waals surface area contributed by atoms with Gasteiger partial charge < -0.3 is 5.73 Å². The van der Waals surface area contributed by atoms with Gasteiger partial charge in [-0.25, -0.2) is 9.97 Å². The van der Waals surface area contributed by atoms with Crippen molar-refractivity contribution in [2.75, 3.05) is 11.2 Å². The molecule has 1 aromatic heterocycles. The van der Waals surface area contributed by atoms with Crippen LogP contribution in [-0.2, 0) is 0 Å². The lowest BCUT2D eigenvalue weighted by Gasteiger charge is -2.18. The summed E-state index contributed by atoms with van der Waals surface area (Å²) in [5.41, 5.74) is 14.8. The lowest BCUT2D eigenvalue weighted by molar-refractivity contribution is 0.389. The molecule has 0 amide bonds. The molecule has 3 aromatic rings. The number of nitrogens with zero attached hydrogens (tertiary/aromatic N) is 2. The molecule has 1 heterocycles. The molecule has 4 N–H and O–H groups in total. The van der Waals surface area contributed by atoms with E-state index >= 15 is 0 Å². The molecule has 0 saturated heterocycles. The van der Waals surface area contributed by atoms with Gasteiger partial charge in [0.05, 0.1) is 11.2 Å². The van der Waals surface area contributed by atoms with Crippen molar-refractivity contribution in [2.45, 2.75) is 41.0 Å². The molecule has 0 atom stereocenters. The first kappa shape index (κ1) is 21.1. The Morgan fingerprint density at radius 3 is 2.38 bits per heavy atom. The molecule has 2 aromatic carbocycles. The first-order valence-electron chi connectivity index (χ1n) is 9.63. The fraction of sp³-hybridized carbons (Fsp3) is 0.304. The third-order valence-electron chi connectivity index (χ3n) is 5.39. The van der Waals surface area contributed by atoms with Crippen LogP contribution in [-0.4, -0.2) is 15.2 Å². The highest BCUT2D eigenvalue weighted by atomic mass is 35.5. The predicted octanol–water partition coefficient (Wildman–Crippen LogP) is 6.40. The van der Waals surface area contributed by atoms with E-state index in [-0.39, 0.29) is 16.5 Å². The molecular formula is C23H27ClN4O. The lowest BCUT2D eigenvalue weighted by atomic mass is 9.88. The second-order valence-electron chi connectivity index (χ2n) is 8.11. The Bertz CT molecular complexity index is 1080. The minimum Gasteiger partial charge on any atom is -0.383 e.